The lowest BCUT2D eigenvalue weighted by Gasteiger charge is -2.25. The van der Waals surface area contributed by atoms with Crippen molar-refractivity contribution in [2.75, 3.05) is 37.7 Å². The summed E-state index contributed by atoms with van der Waals surface area (Å²) >= 11 is 2.11. The first-order valence-electron chi connectivity index (χ1n) is 6.42. The molecule has 0 bridgehead atoms. The van der Waals surface area contributed by atoms with Crippen molar-refractivity contribution in [1.29, 1.82) is 0 Å². The number of thioether (sulfide) groups is 1. The van der Waals surface area contributed by atoms with Gasteiger partial charge in [-0.1, -0.05) is 13.3 Å². The fraction of sp³-hybridized carbons (Fsp3) is 1.00. The summed E-state index contributed by atoms with van der Waals surface area (Å²) in [6, 6.07) is 0.782. The van der Waals surface area contributed by atoms with Gasteiger partial charge in [0.05, 0.1) is 0 Å². The molecule has 0 aliphatic carbocycles. The first kappa shape index (κ1) is 11.7. The number of nitrogens with one attached hydrogen (secondary N) is 1. The van der Waals surface area contributed by atoms with Gasteiger partial charge in [0.15, 0.2) is 0 Å². The van der Waals surface area contributed by atoms with Crippen molar-refractivity contribution in [2.45, 2.75) is 32.2 Å². The molecule has 0 spiro atoms. The molecule has 88 valence electrons. The predicted octanol–water partition coefficient (Wildman–Crippen LogP) is 1.81. The van der Waals surface area contributed by atoms with Gasteiger partial charge >= 0.3 is 0 Å². The third kappa shape index (κ3) is 3.65. The molecule has 2 atom stereocenters. The summed E-state index contributed by atoms with van der Waals surface area (Å²) < 4.78 is 0. The predicted molar refractivity (Wildman–Crippen MR) is 68.6 cm³/mol. The van der Waals surface area contributed by atoms with Crippen molar-refractivity contribution in [3.8, 4) is 0 Å². The molecule has 2 fully saturated rings. The summed E-state index contributed by atoms with van der Waals surface area (Å²) in [5.41, 5.74) is 0. The lowest BCUT2D eigenvalue weighted by molar-refractivity contribution is 0.302. The molecule has 0 aromatic heterocycles. The average molecular weight is 228 g/mol. The van der Waals surface area contributed by atoms with E-state index in [4.69, 9.17) is 0 Å². The summed E-state index contributed by atoms with van der Waals surface area (Å²) in [6.45, 7) is 7.56. The van der Waals surface area contributed by atoms with Crippen LogP contribution in [0.5, 0.6) is 0 Å². The number of rotatable bonds is 4. The van der Waals surface area contributed by atoms with Crippen LogP contribution in [0.15, 0.2) is 0 Å². The highest BCUT2D eigenvalue weighted by molar-refractivity contribution is 7.99. The zero-order valence-corrected chi connectivity index (χ0v) is 10.7. The molecule has 0 saturated carbocycles. The molecule has 15 heavy (non-hydrogen) atoms. The standard InChI is InChI=1S/C12H24N2S/c1-2-11-3-6-14(9-11)7-4-12-10-15-8-5-13-12/h11-13H,2-10H2,1H3. The monoisotopic (exact) mass is 228 g/mol. The Bertz CT molecular complexity index is 180. The van der Waals surface area contributed by atoms with Crippen LogP contribution in [0.2, 0.25) is 0 Å². The van der Waals surface area contributed by atoms with Gasteiger partial charge in [0.2, 0.25) is 0 Å². The minimum Gasteiger partial charge on any atom is -0.312 e. The second kappa shape index (κ2) is 6.12. The Kier molecular flexibility index (Phi) is 4.79. The Morgan fingerprint density at radius 3 is 3.07 bits per heavy atom. The largest absolute Gasteiger partial charge is 0.312 e. The van der Waals surface area contributed by atoms with Crippen LogP contribution in [0.25, 0.3) is 0 Å². The first-order valence-corrected chi connectivity index (χ1v) is 7.57. The Labute approximate surface area is 98.2 Å². The molecule has 0 amide bonds. The van der Waals surface area contributed by atoms with Crippen LogP contribution in [0.4, 0.5) is 0 Å². The first-order chi connectivity index (χ1) is 7.38. The second-order valence-electron chi connectivity index (χ2n) is 4.88. The summed E-state index contributed by atoms with van der Waals surface area (Å²) in [5, 5.41) is 3.62. The van der Waals surface area contributed by atoms with Gasteiger partial charge in [-0.2, -0.15) is 11.8 Å². The van der Waals surface area contributed by atoms with E-state index < -0.39 is 0 Å². The molecule has 2 aliphatic rings. The molecule has 1 N–H and O–H groups in total. The van der Waals surface area contributed by atoms with Crippen LogP contribution in [0.1, 0.15) is 26.2 Å². The molecule has 2 unspecified atom stereocenters. The molecule has 3 heteroatoms. The topological polar surface area (TPSA) is 15.3 Å². The molecular weight excluding hydrogens is 204 g/mol. The smallest absolute Gasteiger partial charge is 0.0170 e. The van der Waals surface area contributed by atoms with Crippen LogP contribution in [-0.4, -0.2) is 48.6 Å². The van der Waals surface area contributed by atoms with Gasteiger partial charge in [-0.3, -0.25) is 0 Å². The van der Waals surface area contributed by atoms with Gasteiger partial charge in [0, 0.05) is 30.6 Å². The van der Waals surface area contributed by atoms with Crippen molar-refractivity contribution in [2.24, 2.45) is 5.92 Å². The van der Waals surface area contributed by atoms with Crippen LogP contribution >= 0.6 is 11.8 Å². The summed E-state index contributed by atoms with van der Waals surface area (Å²) in [5.74, 6) is 3.61. The molecule has 2 aliphatic heterocycles. The van der Waals surface area contributed by atoms with E-state index in [0.29, 0.717) is 0 Å². The van der Waals surface area contributed by atoms with Gasteiger partial charge in [0.25, 0.3) is 0 Å². The van der Waals surface area contributed by atoms with Crippen molar-refractivity contribution < 1.29 is 0 Å². The number of hydrogen-bond acceptors (Lipinski definition) is 3. The van der Waals surface area contributed by atoms with E-state index in [1.54, 1.807) is 0 Å². The van der Waals surface area contributed by atoms with Crippen molar-refractivity contribution in [1.82, 2.24) is 10.2 Å². The normalized spacial score (nSPS) is 33.4. The van der Waals surface area contributed by atoms with Crippen LogP contribution in [0.3, 0.4) is 0 Å². The second-order valence-corrected chi connectivity index (χ2v) is 6.03. The highest BCUT2D eigenvalue weighted by atomic mass is 32.2. The fourth-order valence-corrected chi connectivity index (χ4v) is 3.59. The minimum absolute atomic E-state index is 0.782. The van der Waals surface area contributed by atoms with Crippen molar-refractivity contribution in [3.63, 3.8) is 0 Å². The van der Waals surface area contributed by atoms with Gasteiger partial charge in [-0.05, 0) is 31.8 Å². The van der Waals surface area contributed by atoms with E-state index in [2.05, 4.69) is 28.9 Å². The van der Waals surface area contributed by atoms with Crippen molar-refractivity contribution >= 4 is 11.8 Å². The summed E-state index contributed by atoms with van der Waals surface area (Å²) in [4.78, 5) is 2.66. The van der Waals surface area contributed by atoms with E-state index in [-0.39, 0.29) is 0 Å². The number of hydrogen-bond donors (Lipinski definition) is 1. The van der Waals surface area contributed by atoms with Gasteiger partial charge in [-0.25, -0.2) is 0 Å². The van der Waals surface area contributed by atoms with Gasteiger partial charge < -0.3 is 10.2 Å². The van der Waals surface area contributed by atoms with E-state index in [9.17, 15) is 0 Å². The molecule has 2 rings (SSSR count). The Hall–Kier alpha value is 0.270. The average Bonchev–Trinajstić information content (AvgIpc) is 2.76. The van der Waals surface area contributed by atoms with Gasteiger partial charge in [0.1, 0.15) is 0 Å². The zero-order chi connectivity index (χ0) is 10.5. The summed E-state index contributed by atoms with van der Waals surface area (Å²) in [6.07, 6.45) is 4.15. The van der Waals surface area contributed by atoms with E-state index >= 15 is 0 Å². The number of likely N-dealkylation sites (tertiary alicyclic amines) is 1. The molecule has 2 heterocycles. The van der Waals surface area contributed by atoms with Crippen molar-refractivity contribution in [3.05, 3.63) is 0 Å². The zero-order valence-electron chi connectivity index (χ0n) is 9.87. The molecule has 2 nitrogen and oxygen atoms in total. The highest BCUT2D eigenvalue weighted by Gasteiger charge is 2.21. The lowest BCUT2D eigenvalue weighted by Crippen LogP contribution is -2.39. The van der Waals surface area contributed by atoms with E-state index in [1.807, 2.05) is 0 Å². The Morgan fingerprint density at radius 1 is 1.47 bits per heavy atom. The Balaban J connectivity index is 1.61. The maximum Gasteiger partial charge on any atom is 0.0170 e. The lowest BCUT2D eigenvalue weighted by atomic mass is 10.1. The fourth-order valence-electron chi connectivity index (χ4n) is 2.59. The molecule has 0 aromatic carbocycles. The molecule has 0 aromatic rings. The van der Waals surface area contributed by atoms with E-state index in [1.165, 1.54) is 56.9 Å². The Morgan fingerprint density at radius 2 is 2.40 bits per heavy atom. The molecular formula is C12H24N2S. The third-order valence-electron chi connectivity index (χ3n) is 3.74. The van der Waals surface area contributed by atoms with Crippen LogP contribution in [0, 0.1) is 5.92 Å². The van der Waals surface area contributed by atoms with Crippen LogP contribution < -0.4 is 5.32 Å². The number of nitrogens with zero attached hydrogens (tertiary/aromatic N) is 1. The summed E-state index contributed by atoms with van der Waals surface area (Å²) in [7, 11) is 0. The van der Waals surface area contributed by atoms with Crippen LogP contribution in [-0.2, 0) is 0 Å². The maximum absolute atomic E-state index is 3.62. The van der Waals surface area contributed by atoms with E-state index in [0.717, 1.165) is 12.0 Å². The minimum atomic E-state index is 0.782. The highest BCUT2D eigenvalue weighted by Crippen LogP contribution is 2.19. The quantitative estimate of drug-likeness (QED) is 0.790. The SMILES string of the molecule is CCC1CCN(CCC2CSCCN2)C1. The van der Waals surface area contributed by atoms with Gasteiger partial charge in [-0.15, -0.1) is 0 Å². The molecule has 2 saturated heterocycles. The maximum atomic E-state index is 3.62. The molecule has 0 radical (unpaired) electrons. The third-order valence-corrected chi connectivity index (χ3v) is 4.87.